The SMILES string of the molecule is COOOSc1ccccc1C. The van der Waals surface area contributed by atoms with Crippen molar-refractivity contribution < 1.29 is 14.3 Å². The second-order valence-electron chi connectivity index (χ2n) is 2.15. The van der Waals surface area contributed by atoms with Crippen molar-refractivity contribution in [3.05, 3.63) is 29.8 Å². The molecule has 0 atom stereocenters. The molecule has 4 heteroatoms. The minimum absolute atomic E-state index is 1.01. The second-order valence-corrected chi connectivity index (χ2v) is 2.89. The zero-order valence-electron chi connectivity index (χ0n) is 6.94. The normalized spacial score (nSPS) is 10.2. The Balaban J connectivity index is 2.46. The average molecular weight is 186 g/mol. The summed E-state index contributed by atoms with van der Waals surface area (Å²) in [6, 6.07) is 7.85. The van der Waals surface area contributed by atoms with Crippen LogP contribution in [0.25, 0.3) is 0 Å². The van der Waals surface area contributed by atoms with E-state index in [0.29, 0.717) is 0 Å². The highest BCUT2D eigenvalue weighted by atomic mass is 32.2. The van der Waals surface area contributed by atoms with Crippen molar-refractivity contribution in [3.63, 3.8) is 0 Å². The number of aryl methyl sites for hydroxylation is 1. The summed E-state index contributed by atoms with van der Waals surface area (Å²) < 4.78 is 4.64. The van der Waals surface area contributed by atoms with E-state index in [0.717, 1.165) is 22.5 Å². The quantitative estimate of drug-likeness (QED) is 0.312. The van der Waals surface area contributed by atoms with Crippen LogP contribution in [0.5, 0.6) is 0 Å². The van der Waals surface area contributed by atoms with Gasteiger partial charge in [-0.15, -0.1) is 4.33 Å². The smallest absolute Gasteiger partial charge is 0.0744 e. The van der Waals surface area contributed by atoms with Gasteiger partial charge in [0.2, 0.25) is 0 Å². The molecule has 0 amide bonds. The third kappa shape index (κ3) is 2.83. The molecule has 0 aliphatic carbocycles. The molecule has 3 nitrogen and oxygen atoms in total. The Morgan fingerprint density at radius 1 is 1.25 bits per heavy atom. The number of hydrogen-bond donors (Lipinski definition) is 0. The fourth-order valence-corrected chi connectivity index (χ4v) is 1.22. The maximum atomic E-state index is 4.64. The maximum absolute atomic E-state index is 4.64. The van der Waals surface area contributed by atoms with Gasteiger partial charge in [-0.05, 0) is 18.6 Å². The Hall–Kier alpha value is -0.550. The highest BCUT2D eigenvalue weighted by Crippen LogP contribution is 2.22. The molecule has 0 spiro atoms. The zero-order valence-corrected chi connectivity index (χ0v) is 7.76. The molecule has 0 aliphatic rings. The lowest BCUT2D eigenvalue weighted by Gasteiger charge is -2.01. The van der Waals surface area contributed by atoms with Crippen molar-refractivity contribution >= 4 is 12.0 Å². The molecule has 0 unspecified atom stereocenters. The van der Waals surface area contributed by atoms with Gasteiger partial charge >= 0.3 is 0 Å². The molecule has 0 saturated heterocycles. The number of hydrogen-bond acceptors (Lipinski definition) is 4. The molecule has 0 aromatic heterocycles. The highest BCUT2D eigenvalue weighted by molar-refractivity contribution is 7.94. The molecule has 12 heavy (non-hydrogen) atoms. The Morgan fingerprint density at radius 3 is 2.67 bits per heavy atom. The second kappa shape index (κ2) is 5.16. The number of rotatable bonds is 4. The van der Waals surface area contributed by atoms with E-state index >= 15 is 0 Å². The van der Waals surface area contributed by atoms with E-state index in [1.165, 1.54) is 7.11 Å². The lowest BCUT2D eigenvalue weighted by Crippen LogP contribution is -1.85. The Morgan fingerprint density at radius 2 is 2.00 bits per heavy atom. The minimum Gasteiger partial charge on any atom is -0.209 e. The zero-order chi connectivity index (χ0) is 8.81. The summed E-state index contributed by atoms with van der Waals surface area (Å²) in [5.74, 6) is 0. The molecular formula is C8H10O3S. The Bertz CT molecular complexity index is 239. The van der Waals surface area contributed by atoms with Crippen LogP contribution >= 0.6 is 12.0 Å². The van der Waals surface area contributed by atoms with E-state index in [-0.39, 0.29) is 0 Å². The first-order valence-electron chi connectivity index (χ1n) is 3.44. The van der Waals surface area contributed by atoms with E-state index in [1.54, 1.807) is 0 Å². The van der Waals surface area contributed by atoms with E-state index < -0.39 is 0 Å². The van der Waals surface area contributed by atoms with Crippen LogP contribution in [0.2, 0.25) is 0 Å². The van der Waals surface area contributed by atoms with E-state index in [4.69, 9.17) is 0 Å². The monoisotopic (exact) mass is 186 g/mol. The van der Waals surface area contributed by atoms with Crippen LogP contribution < -0.4 is 0 Å². The van der Waals surface area contributed by atoms with Crippen molar-refractivity contribution in [2.75, 3.05) is 7.11 Å². The predicted molar refractivity (Wildman–Crippen MR) is 46.2 cm³/mol. The van der Waals surface area contributed by atoms with Gasteiger partial charge in [-0.3, -0.25) is 0 Å². The van der Waals surface area contributed by atoms with Gasteiger partial charge in [-0.2, -0.15) is 0 Å². The molecule has 0 radical (unpaired) electrons. The van der Waals surface area contributed by atoms with Crippen LogP contribution in [-0.4, -0.2) is 7.11 Å². The maximum Gasteiger partial charge on any atom is 0.0744 e. The van der Waals surface area contributed by atoms with Crippen LogP contribution in [0.3, 0.4) is 0 Å². The fraction of sp³-hybridized carbons (Fsp3) is 0.250. The van der Waals surface area contributed by atoms with Crippen molar-refractivity contribution in [2.45, 2.75) is 11.8 Å². The summed E-state index contributed by atoms with van der Waals surface area (Å²) in [4.78, 5) is 5.27. The summed E-state index contributed by atoms with van der Waals surface area (Å²) >= 11 is 1.12. The molecule has 0 aliphatic heterocycles. The van der Waals surface area contributed by atoms with Gasteiger partial charge in [0.05, 0.1) is 19.2 Å². The van der Waals surface area contributed by atoms with Crippen LogP contribution in [0.1, 0.15) is 5.56 Å². The van der Waals surface area contributed by atoms with E-state index in [9.17, 15) is 0 Å². The molecular weight excluding hydrogens is 176 g/mol. The third-order valence-corrected chi connectivity index (χ3v) is 2.07. The molecule has 1 aromatic rings. The molecule has 1 rings (SSSR count). The lowest BCUT2D eigenvalue weighted by molar-refractivity contribution is -0.447. The molecule has 0 heterocycles. The van der Waals surface area contributed by atoms with Gasteiger partial charge in [0.1, 0.15) is 0 Å². The van der Waals surface area contributed by atoms with Crippen molar-refractivity contribution in [1.82, 2.24) is 0 Å². The van der Waals surface area contributed by atoms with Crippen molar-refractivity contribution in [1.29, 1.82) is 0 Å². The van der Waals surface area contributed by atoms with Crippen LogP contribution in [-0.2, 0) is 14.3 Å². The Labute approximate surface area is 75.7 Å². The summed E-state index contributed by atoms with van der Waals surface area (Å²) in [6.07, 6.45) is 0. The fourth-order valence-electron chi connectivity index (χ4n) is 0.728. The molecule has 1 aromatic carbocycles. The topological polar surface area (TPSA) is 27.7 Å². The predicted octanol–water partition coefficient (Wildman–Crippen LogP) is 2.51. The van der Waals surface area contributed by atoms with Crippen LogP contribution in [0.4, 0.5) is 0 Å². The average Bonchev–Trinajstić information content (AvgIpc) is 2.09. The summed E-state index contributed by atoms with van der Waals surface area (Å²) in [7, 11) is 1.39. The summed E-state index contributed by atoms with van der Waals surface area (Å²) in [5.41, 5.74) is 1.14. The van der Waals surface area contributed by atoms with E-state index in [2.05, 4.69) is 14.3 Å². The standard InChI is InChI=1S/C8H10O3S/c1-7-5-3-4-6-8(7)12-11-10-9-2/h3-6H,1-2H3. The minimum atomic E-state index is 1.01. The van der Waals surface area contributed by atoms with Crippen LogP contribution in [0.15, 0.2) is 29.2 Å². The van der Waals surface area contributed by atoms with Gasteiger partial charge in [-0.1, -0.05) is 23.2 Å². The highest BCUT2D eigenvalue weighted by Gasteiger charge is 1.98. The number of benzene rings is 1. The summed E-state index contributed by atoms with van der Waals surface area (Å²) in [5, 5.41) is 4.26. The van der Waals surface area contributed by atoms with Gasteiger partial charge in [-0.25, -0.2) is 4.89 Å². The molecule has 66 valence electrons. The Kier molecular flexibility index (Phi) is 4.10. The van der Waals surface area contributed by atoms with Crippen LogP contribution in [0, 0.1) is 6.92 Å². The molecule has 0 fully saturated rings. The molecule has 0 bridgehead atoms. The largest absolute Gasteiger partial charge is 0.209 e. The van der Waals surface area contributed by atoms with Crippen molar-refractivity contribution in [3.8, 4) is 0 Å². The van der Waals surface area contributed by atoms with Crippen molar-refractivity contribution in [2.24, 2.45) is 0 Å². The van der Waals surface area contributed by atoms with Gasteiger partial charge in [0, 0.05) is 4.90 Å². The lowest BCUT2D eigenvalue weighted by atomic mass is 10.2. The van der Waals surface area contributed by atoms with Gasteiger partial charge in [0.15, 0.2) is 0 Å². The first kappa shape index (κ1) is 9.54. The third-order valence-electron chi connectivity index (χ3n) is 1.31. The first-order chi connectivity index (χ1) is 5.84. The first-order valence-corrected chi connectivity index (χ1v) is 4.18. The van der Waals surface area contributed by atoms with Gasteiger partial charge < -0.3 is 0 Å². The summed E-state index contributed by atoms with van der Waals surface area (Å²) in [6.45, 7) is 2.00. The van der Waals surface area contributed by atoms with Gasteiger partial charge in [0.25, 0.3) is 0 Å². The van der Waals surface area contributed by atoms with E-state index in [1.807, 2.05) is 31.2 Å². The molecule has 0 saturated carbocycles. The molecule has 0 N–H and O–H groups in total.